The second kappa shape index (κ2) is 5.57. The van der Waals surface area contributed by atoms with Gasteiger partial charge in [-0.3, -0.25) is 0 Å². The summed E-state index contributed by atoms with van der Waals surface area (Å²) in [6.45, 7) is 7.44. The van der Waals surface area contributed by atoms with Crippen molar-refractivity contribution in [3.8, 4) is 0 Å². The number of rotatable bonds is 3. The van der Waals surface area contributed by atoms with Crippen LogP contribution < -0.4 is 4.90 Å². The van der Waals surface area contributed by atoms with Crippen LogP contribution >= 0.6 is 0 Å². The van der Waals surface area contributed by atoms with E-state index in [-0.39, 0.29) is 17.9 Å². The Labute approximate surface area is 113 Å². The standard InChI is InChI=1S/C14H20N2O3/c1-4-11-5-6-12(15-13(11)14(17)18)16-7-9(2)19-10(3)8-16/h5-6,9-10H,4,7-8H2,1-3H3,(H,17,18). The fourth-order valence-electron chi connectivity index (χ4n) is 2.49. The lowest BCUT2D eigenvalue weighted by molar-refractivity contribution is -0.00546. The largest absolute Gasteiger partial charge is 0.477 e. The molecule has 1 N–H and O–H groups in total. The average molecular weight is 264 g/mol. The van der Waals surface area contributed by atoms with Crippen molar-refractivity contribution in [3.63, 3.8) is 0 Å². The smallest absolute Gasteiger partial charge is 0.354 e. The molecule has 5 nitrogen and oxygen atoms in total. The van der Waals surface area contributed by atoms with E-state index in [1.165, 1.54) is 0 Å². The van der Waals surface area contributed by atoms with Gasteiger partial charge in [0.2, 0.25) is 0 Å². The number of morpholine rings is 1. The van der Waals surface area contributed by atoms with Gasteiger partial charge in [0, 0.05) is 13.1 Å². The Morgan fingerprint density at radius 2 is 2.05 bits per heavy atom. The van der Waals surface area contributed by atoms with Gasteiger partial charge >= 0.3 is 5.97 Å². The van der Waals surface area contributed by atoms with Crippen LogP contribution in [0.1, 0.15) is 36.8 Å². The fraction of sp³-hybridized carbons (Fsp3) is 0.571. The number of anilines is 1. The Kier molecular flexibility index (Phi) is 4.04. The zero-order valence-electron chi connectivity index (χ0n) is 11.6. The highest BCUT2D eigenvalue weighted by Gasteiger charge is 2.24. The molecular weight excluding hydrogens is 244 g/mol. The van der Waals surface area contributed by atoms with E-state index < -0.39 is 5.97 Å². The predicted molar refractivity (Wildman–Crippen MR) is 72.8 cm³/mol. The van der Waals surface area contributed by atoms with Crippen molar-refractivity contribution < 1.29 is 14.6 Å². The molecule has 2 atom stereocenters. The molecule has 104 valence electrons. The van der Waals surface area contributed by atoms with Gasteiger partial charge < -0.3 is 14.7 Å². The van der Waals surface area contributed by atoms with Gasteiger partial charge in [0.25, 0.3) is 0 Å². The number of ether oxygens (including phenoxy) is 1. The summed E-state index contributed by atoms with van der Waals surface area (Å²) in [6.07, 6.45) is 0.930. The molecule has 2 unspecified atom stereocenters. The Balaban J connectivity index is 2.30. The fourth-order valence-corrected chi connectivity index (χ4v) is 2.49. The summed E-state index contributed by atoms with van der Waals surface area (Å²) in [6, 6.07) is 3.76. The number of nitrogens with zero attached hydrogens (tertiary/aromatic N) is 2. The minimum absolute atomic E-state index is 0.129. The summed E-state index contributed by atoms with van der Waals surface area (Å²) in [7, 11) is 0. The first-order valence-corrected chi connectivity index (χ1v) is 6.64. The van der Waals surface area contributed by atoms with Gasteiger partial charge in [-0.2, -0.15) is 0 Å². The molecule has 0 aromatic carbocycles. The summed E-state index contributed by atoms with van der Waals surface area (Å²) >= 11 is 0. The van der Waals surface area contributed by atoms with Crippen LogP contribution in [-0.2, 0) is 11.2 Å². The van der Waals surface area contributed by atoms with Crippen molar-refractivity contribution in [3.05, 3.63) is 23.4 Å². The molecule has 2 heterocycles. The second-order valence-corrected chi connectivity index (χ2v) is 5.00. The number of pyridine rings is 1. The minimum atomic E-state index is -0.965. The van der Waals surface area contributed by atoms with Gasteiger partial charge in [0.1, 0.15) is 5.82 Å². The molecule has 1 aromatic rings. The van der Waals surface area contributed by atoms with Crippen LogP contribution in [-0.4, -0.2) is 41.4 Å². The van der Waals surface area contributed by atoms with Crippen molar-refractivity contribution in [2.75, 3.05) is 18.0 Å². The Morgan fingerprint density at radius 3 is 2.58 bits per heavy atom. The first kappa shape index (κ1) is 13.8. The molecule has 2 rings (SSSR count). The number of hydrogen-bond donors (Lipinski definition) is 1. The Morgan fingerprint density at radius 1 is 1.42 bits per heavy atom. The zero-order chi connectivity index (χ0) is 14.0. The molecule has 1 aliphatic rings. The highest BCUT2D eigenvalue weighted by Crippen LogP contribution is 2.20. The van der Waals surface area contributed by atoms with Crippen molar-refractivity contribution in [1.29, 1.82) is 0 Å². The van der Waals surface area contributed by atoms with Gasteiger partial charge in [-0.05, 0) is 31.9 Å². The van der Waals surface area contributed by atoms with E-state index in [4.69, 9.17) is 4.74 Å². The van der Waals surface area contributed by atoms with Crippen molar-refractivity contribution in [2.45, 2.75) is 39.4 Å². The van der Waals surface area contributed by atoms with Crippen LogP contribution in [0.15, 0.2) is 12.1 Å². The maximum absolute atomic E-state index is 11.2. The summed E-state index contributed by atoms with van der Waals surface area (Å²) in [5.41, 5.74) is 0.928. The summed E-state index contributed by atoms with van der Waals surface area (Å²) in [4.78, 5) is 17.6. The van der Waals surface area contributed by atoms with Crippen molar-refractivity contribution >= 4 is 11.8 Å². The number of aromatic nitrogens is 1. The highest BCUT2D eigenvalue weighted by molar-refractivity contribution is 5.87. The summed E-state index contributed by atoms with van der Waals surface area (Å²) < 4.78 is 5.67. The Hall–Kier alpha value is -1.62. The topological polar surface area (TPSA) is 62.7 Å². The van der Waals surface area contributed by atoms with Crippen LogP contribution in [0.3, 0.4) is 0 Å². The quantitative estimate of drug-likeness (QED) is 0.904. The lowest BCUT2D eigenvalue weighted by Crippen LogP contribution is -2.46. The number of aryl methyl sites for hydroxylation is 1. The van der Waals surface area contributed by atoms with E-state index >= 15 is 0 Å². The number of hydrogen-bond acceptors (Lipinski definition) is 4. The molecule has 1 aromatic heterocycles. The van der Waals surface area contributed by atoms with Gasteiger partial charge in [-0.15, -0.1) is 0 Å². The third kappa shape index (κ3) is 3.04. The van der Waals surface area contributed by atoms with E-state index in [0.29, 0.717) is 6.42 Å². The van der Waals surface area contributed by atoms with E-state index in [0.717, 1.165) is 24.5 Å². The maximum atomic E-state index is 11.2. The van der Waals surface area contributed by atoms with Crippen molar-refractivity contribution in [1.82, 2.24) is 4.98 Å². The monoisotopic (exact) mass is 264 g/mol. The summed E-state index contributed by atoms with van der Waals surface area (Å²) in [5, 5.41) is 9.22. The zero-order valence-corrected chi connectivity index (χ0v) is 11.6. The molecule has 0 spiro atoms. The van der Waals surface area contributed by atoms with E-state index in [1.807, 2.05) is 32.9 Å². The highest BCUT2D eigenvalue weighted by atomic mass is 16.5. The lowest BCUT2D eigenvalue weighted by Gasteiger charge is -2.36. The second-order valence-electron chi connectivity index (χ2n) is 5.00. The predicted octanol–water partition coefficient (Wildman–Crippen LogP) is 1.96. The van der Waals surface area contributed by atoms with E-state index in [1.54, 1.807) is 0 Å². The molecular formula is C14H20N2O3. The molecule has 5 heteroatoms. The van der Waals surface area contributed by atoms with Gasteiger partial charge in [-0.1, -0.05) is 13.0 Å². The SMILES string of the molecule is CCc1ccc(N2CC(C)OC(C)C2)nc1C(=O)O. The molecule has 1 fully saturated rings. The summed E-state index contributed by atoms with van der Waals surface area (Å²) in [5.74, 6) is -0.246. The van der Waals surface area contributed by atoms with Crippen LogP contribution in [0.25, 0.3) is 0 Å². The number of carbonyl (C=O) groups is 1. The molecule has 19 heavy (non-hydrogen) atoms. The number of carboxylic acids is 1. The minimum Gasteiger partial charge on any atom is -0.477 e. The maximum Gasteiger partial charge on any atom is 0.354 e. The van der Waals surface area contributed by atoms with E-state index in [9.17, 15) is 9.90 Å². The molecule has 1 saturated heterocycles. The first-order valence-electron chi connectivity index (χ1n) is 6.64. The van der Waals surface area contributed by atoms with Gasteiger partial charge in [0.15, 0.2) is 5.69 Å². The molecule has 0 bridgehead atoms. The molecule has 1 aliphatic heterocycles. The first-order chi connectivity index (χ1) is 9.01. The molecule has 0 aliphatic carbocycles. The van der Waals surface area contributed by atoms with Crippen LogP contribution in [0.4, 0.5) is 5.82 Å². The average Bonchev–Trinajstić information content (AvgIpc) is 2.36. The number of carboxylic acid groups (broad SMARTS) is 1. The molecule has 0 radical (unpaired) electrons. The van der Waals surface area contributed by atoms with Gasteiger partial charge in [-0.25, -0.2) is 9.78 Å². The molecule has 0 amide bonds. The molecule has 0 saturated carbocycles. The van der Waals surface area contributed by atoms with Crippen LogP contribution in [0, 0.1) is 0 Å². The Bertz CT molecular complexity index is 466. The van der Waals surface area contributed by atoms with E-state index in [2.05, 4.69) is 9.88 Å². The normalized spacial score (nSPS) is 23.4. The third-order valence-electron chi connectivity index (χ3n) is 3.29. The van der Waals surface area contributed by atoms with Crippen LogP contribution in [0.2, 0.25) is 0 Å². The van der Waals surface area contributed by atoms with Gasteiger partial charge in [0.05, 0.1) is 12.2 Å². The van der Waals surface area contributed by atoms with Crippen LogP contribution in [0.5, 0.6) is 0 Å². The number of aromatic carboxylic acids is 1. The van der Waals surface area contributed by atoms with Crippen molar-refractivity contribution in [2.24, 2.45) is 0 Å². The lowest BCUT2D eigenvalue weighted by atomic mass is 10.1. The third-order valence-corrected chi connectivity index (χ3v) is 3.29.